The number of amidine groups is 1. The van der Waals surface area contributed by atoms with Crippen LogP contribution in [0.3, 0.4) is 0 Å². The van der Waals surface area contributed by atoms with Crippen LogP contribution in [0.2, 0.25) is 5.02 Å². The van der Waals surface area contributed by atoms with Crippen molar-refractivity contribution in [1.29, 1.82) is 5.41 Å². The van der Waals surface area contributed by atoms with E-state index in [9.17, 15) is 0 Å². The zero-order chi connectivity index (χ0) is 13.8. The highest BCUT2D eigenvalue weighted by molar-refractivity contribution is 6.30. The standard InChI is InChI=1S/C14H13ClN2O2/c1-18-11-6-7-12(14(16)17)13(8-11)19-10-4-2-9(15)3-5-10/h2-8H,1H3,(H3,16,17). The SMILES string of the molecule is COc1ccc(C(=N)N)c(Oc2ccc(Cl)cc2)c1. The Bertz CT molecular complexity index is 597. The van der Waals surface area contributed by atoms with Gasteiger partial charge in [0.1, 0.15) is 23.1 Å². The van der Waals surface area contributed by atoms with Crippen molar-refractivity contribution in [1.82, 2.24) is 0 Å². The first-order chi connectivity index (χ1) is 9.10. The smallest absolute Gasteiger partial charge is 0.142 e. The van der Waals surface area contributed by atoms with Crippen LogP contribution in [-0.2, 0) is 0 Å². The molecule has 0 saturated carbocycles. The average Bonchev–Trinajstić information content (AvgIpc) is 2.41. The van der Waals surface area contributed by atoms with Crippen LogP contribution in [0.4, 0.5) is 0 Å². The maximum Gasteiger partial charge on any atom is 0.142 e. The van der Waals surface area contributed by atoms with E-state index in [2.05, 4.69) is 0 Å². The second-order valence-corrected chi connectivity index (χ2v) is 4.27. The Morgan fingerprint density at radius 1 is 1.11 bits per heavy atom. The second-order valence-electron chi connectivity index (χ2n) is 3.83. The van der Waals surface area contributed by atoms with Crippen LogP contribution in [-0.4, -0.2) is 12.9 Å². The van der Waals surface area contributed by atoms with Gasteiger partial charge in [0.2, 0.25) is 0 Å². The van der Waals surface area contributed by atoms with Gasteiger partial charge in [-0.15, -0.1) is 0 Å². The lowest BCUT2D eigenvalue weighted by atomic mass is 10.1. The van der Waals surface area contributed by atoms with Crippen LogP contribution < -0.4 is 15.2 Å². The third-order valence-corrected chi connectivity index (χ3v) is 2.77. The Balaban J connectivity index is 2.36. The number of halogens is 1. The van der Waals surface area contributed by atoms with Crippen molar-refractivity contribution in [2.75, 3.05) is 7.11 Å². The van der Waals surface area contributed by atoms with Gasteiger partial charge in [-0.2, -0.15) is 0 Å². The fourth-order valence-corrected chi connectivity index (χ4v) is 1.69. The van der Waals surface area contributed by atoms with Crippen molar-refractivity contribution in [3.8, 4) is 17.2 Å². The van der Waals surface area contributed by atoms with E-state index in [1.165, 1.54) is 0 Å². The largest absolute Gasteiger partial charge is 0.497 e. The molecule has 2 rings (SSSR count). The maximum absolute atomic E-state index is 7.54. The molecule has 4 nitrogen and oxygen atoms in total. The second kappa shape index (κ2) is 5.63. The summed E-state index contributed by atoms with van der Waals surface area (Å²) in [4.78, 5) is 0. The molecule has 98 valence electrons. The predicted octanol–water partition coefficient (Wildman–Crippen LogP) is 3.42. The number of rotatable bonds is 4. The van der Waals surface area contributed by atoms with E-state index in [-0.39, 0.29) is 5.84 Å². The summed E-state index contributed by atoms with van der Waals surface area (Å²) in [7, 11) is 1.56. The van der Waals surface area contributed by atoms with Crippen molar-refractivity contribution < 1.29 is 9.47 Å². The van der Waals surface area contributed by atoms with Gasteiger partial charge in [-0.05, 0) is 36.4 Å². The normalized spacial score (nSPS) is 10.0. The lowest BCUT2D eigenvalue weighted by Crippen LogP contribution is -2.12. The van der Waals surface area contributed by atoms with E-state index in [1.807, 2.05) is 0 Å². The first kappa shape index (κ1) is 13.2. The third-order valence-electron chi connectivity index (χ3n) is 2.52. The molecule has 5 heteroatoms. The Labute approximate surface area is 116 Å². The molecule has 0 aromatic heterocycles. The topological polar surface area (TPSA) is 68.3 Å². The Kier molecular flexibility index (Phi) is 3.92. The highest BCUT2D eigenvalue weighted by Crippen LogP contribution is 2.29. The van der Waals surface area contributed by atoms with Gasteiger partial charge in [-0.3, -0.25) is 5.41 Å². The maximum atomic E-state index is 7.54. The number of hydrogen-bond acceptors (Lipinski definition) is 3. The molecule has 0 fully saturated rings. The van der Waals surface area contributed by atoms with Crippen molar-refractivity contribution in [2.24, 2.45) is 5.73 Å². The number of ether oxygens (including phenoxy) is 2. The fraction of sp³-hybridized carbons (Fsp3) is 0.0714. The summed E-state index contributed by atoms with van der Waals surface area (Å²) >= 11 is 5.81. The lowest BCUT2D eigenvalue weighted by molar-refractivity contribution is 0.409. The van der Waals surface area contributed by atoms with Gasteiger partial charge in [-0.1, -0.05) is 11.6 Å². The minimum absolute atomic E-state index is 0.0633. The first-order valence-electron chi connectivity index (χ1n) is 5.56. The molecule has 0 spiro atoms. The summed E-state index contributed by atoms with van der Waals surface area (Å²) < 4.78 is 10.8. The molecule has 0 aliphatic rings. The van der Waals surface area contributed by atoms with Gasteiger partial charge in [0.25, 0.3) is 0 Å². The highest BCUT2D eigenvalue weighted by Gasteiger charge is 2.09. The number of nitrogens with one attached hydrogen (secondary N) is 1. The average molecular weight is 277 g/mol. The molecule has 0 bridgehead atoms. The van der Waals surface area contributed by atoms with E-state index < -0.39 is 0 Å². The number of hydrogen-bond donors (Lipinski definition) is 2. The van der Waals surface area contributed by atoms with Crippen LogP contribution >= 0.6 is 11.6 Å². The monoisotopic (exact) mass is 276 g/mol. The minimum atomic E-state index is -0.0633. The number of methoxy groups -OCH3 is 1. The van der Waals surface area contributed by atoms with E-state index >= 15 is 0 Å². The van der Waals surface area contributed by atoms with Gasteiger partial charge >= 0.3 is 0 Å². The third kappa shape index (κ3) is 3.17. The van der Waals surface area contributed by atoms with E-state index in [4.69, 9.17) is 32.2 Å². The van der Waals surface area contributed by atoms with Gasteiger partial charge in [0.15, 0.2) is 0 Å². The fourth-order valence-electron chi connectivity index (χ4n) is 1.57. The van der Waals surface area contributed by atoms with Gasteiger partial charge in [-0.25, -0.2) is 0 Å². The van der Waals surface area contributed by atoms with Crippen molar-refractivity contribution in [3.05, 3.63) is 53.1 Å². The highest BCUT2D eigenvalue weighted by atomic mass is 35.5. The van der Waals surface area contributed by atoms with Crippen molar-refractivity contribution >= 4 is 17.4 Å². The molecule has 2 aromatic carbocycles. The lowest BCUT2D eigenvalue weighted by Gasteiger charge is -2.11. The number of nitrogens with two attached hydrogens (primary N) is 1. The Morgan fingerprint density at radius 2 is 1.74 bits per heavy atom. The molecule has 0 amide bonds. The van der Waals surface area contributed by atoms with Gasteiger partial charge in [0.05, 0.1) is 12.7 Å². The molecule has 0 saturated heterocycles. The van der Waals surface area contributed by atoms with Crippen LogP contribution in [0.15, 0.2) is 42.5 Å². The van der Waals surface area contributed by atoms with E-state index in [0.717, 1.165) is 0 Å². The molecule has 0 aliphatic heterocycles. The summed E-state index contributed by atoms with van der Waals surface area (Å²) in [6.07, 6.45) is 0. The summed E-state index contributed by atoms with van der Waals surface area (Å²) in [6.45, 7) is 0. The van der Waals surface area contributed by atoms with E-state index in [1.54, 1.807) is 49.6 Å². The van der Waals surface area contributed by atoms with Gasteiger partial charge in [0, 0.05) is 11.1 Å². The molecule has 0 unspecified atom stereocenters. The molecule has 0 heterocycles. The molecule has 3 N–H and O–H groups in total. The summed E-state index contributed by atoms with van der Waals surface area (Å²) in [5.74, 6) is 1.65. The van der Waals surface area contributed by atoms with Crippen LogP contribution in [0.1, 0.15) is 5.56 Å². The molecular weight excluding hydrogens is 264 g/mol. The van der Waals surface area contributed by atoms with Gasteiger partial charge < -0.3 is 15.2 Å². The van der Waals surface area contributed by atoms with Crippen molar-refractivity contribution in [3.63, 3.8) is 0 Å². The van der Waals surface area contributed by atoms with Crippen LogP contribution in [0, 0.1) is 5.41 Å². The summed E-state index contributed by atoms with van der Waals surface area (Å²) in [5, 5.41) is 8.17. The molecule has 0 radical (unpaired) electrons. The predicted molar refractivity (Wildman–Crippen MR) is 75.5 cm³/mol. The number of nitrogen functional groups attached to an aromatic ring is 1. The summed E-state index contributed by atoms with van der Waals surface area (Å²) in [6, 6.07) is 12.0. The zero-order valence-electron chi connectivity index (χ0n) is 10.3. The summed E-state index contributed by atoms with van der Waals surface area (Å²) in [5.41, 5.74) is 6.04. The van der Waals surface area contributed by atoms with Crippen molar-refractivity contribution in [2.45, 2.75) is 0 Å². The molecule has 19 heavy (non-hydrogen) atoms. The zero-order valence-corrected chi connectivity index (χ0v) is 11.1. The molecule has 2 aromatic rings. The minimum Gasteiger partial charge on any atom is -0.497 e. The molecule has 0 atom stereocenters. The molecule has 0 aliphatic carbocycles. The van der Waals surface area contributed by atoms with E-state index in [0.29, 0.717) is 27.8 Å². The van der Waals surface area contributed by atoms with Crippen LogP contribution in [0.25, 0.3) is 0 Å². The first-order valence-corrected chi connectivity index (χ1v) is 5.94. The Hall–Kier alpha value is -2.20. The molecular formula is C14H13ClN2O2. The quantitative estimate of drug-likeness (QED) is 0.664. The number of benzene rings is 2. The van der Waals surface area contributed by atoms with Crippen LogP contribution in [0.5, 0.6) is 17.2 Å². The Morgan fingerprint density at radius 3 is 2.32 bits per heavy atom.